The van der Waals surface area contributed by atoms with E-state index in [-0.39, 0.29) is 11.3 Å². The van der Waals surface area contributed by atoms with E-state index in [4.69, 9.17) is 15.6 Å². The predicted octanol–water partition coefficient (Wildman–Crippen LogP) is 1.41. The zero-order valence-electron chi connectivity index (χ0n) is 8.95. The van der Waals surface area contributed by atoms with Crippen LogP contribution in [0.2, 0.25) is 0 Å². The molecule has 1 atom stereocenters. The highest BCUT2D eigenvalue weighted by atomic mass is 19.4. The number of methoxy groups -OCH3 is 1. The predicted molar refractivity (Wildman–Crippen MR) is 53.7 cm³/mol. The third-order valence-corrected chi connectivity index (χ3v) is 2.23. The molecule has 0 saturated carbocycles. The topological polar surface area (TPSA) is 75.7 Å². The molecule has 0 aromatic heterocycles. The van der Waals surface area contributed by atoms with Crippen LogP contribution in [0.25, 0.3) is 0 Å². The second-order valence-electron chi connectivity index (χ2n) is 3.40. The highest BCUT2D eigenvalue weighted by molar-refractivity contribution is 5.49. The Morgan fingerprint density at radius 1 is 1.41 bits per heavy atom. The molecule has 96 valence electrons. The van der Waals surface area contributed by atoms with Crippen LogP contribution in [0.5, 0.6) is 11.5 Å². The van der Waals surface area contributed by atoms with E-state index < -0.39 is 30.1 Å². The van der Waals surface area contributed by atoms with Crippen LogP contribution in [0.4, 0.5) is 13.2 Å². The van der Waals surface area contributed by atoms with E-state index >= 15 is 0 Å². The molecular weight excluding hydrogens is 239 g/mol. The Morgan fingerprint density at radius 2 is 2.00 bits per heavy atom. The molecule has 0 aliphatic heterocycles. The average Bonchev–Trinajstić information content (AvgIpc) is 2.25. The first-order chi connectivity index (χ1) is 7.81. The monoisotopic (exact) mass is 251 g/mol. The molecule has 0 amide bonds. The number of aliphatic hydroxyl groups excluding tert-OH is 1. The van der Waals surface area contributed by atoms with Gasteiger partial charge in [-0.2, -0.15) is 13.2 Å². The quantitative estimate of drug-likeness (QED) is 0.759. The van der Waals surface area contributed by atoms with Crippen LogP contribution in [0.1, 0.15) is 17.2 Å². The van der Waals surface area contributed by atoms with E-state index in [1.165, 1.54) is 0 Å². The average molecular weight is 251 g/mol. The molecule has 0 fully saturated rings. The molecule has 17 heavy (non-hydrogen) atoms. The van der Waals surface area contributed by atoms with E-state index in [2.05, 4.69) is 0 Å². The number of aromatic hydroxyl groups is 1. The van der Waals surface area contributed by atoms with Crippen LogP contribution in [0.15, 0.2) is 12.1 Å². The molecule has 0 spiro atoms. The maximum Gasteiger partial charge on any atom is 0.416 e. The molecule has 4 nitrogen and oxygen atoms in total. The van der Waals surface area contributed by atoms with E-state index in [0.29, 0.717) is 6.07 Å². The van der Waals surface area contributed by atoms with Gasteiger partial charge in [-0.05, 0) is 12.1 Å². The van der Waals surface area contributed by atoms with Crippen molar-refractivity contribution in [1.29, 1.82) is 0 Å². The van der Waals surface area contributed by atoms with Crippen molar-refractivity contribution in [3.63, 3.8) is 0 Å². The van der Waals surface area contributed by atoms with Crippen LogP contribution in [-0.2, 0) is 6.18 Å². The molecule has 7 heteroatoms. The number of benzene rings is 1. The molecule has 1 rings (SSSR count). The molecular formula is C10H12F3NO3. The number of ether oxygens (including phenoxy) is 1. The van der Waals surface area contributed by atoms with Crippen molar-refractivity contribution in [2.45, 2.75) is 12.2 Å². The zero-order valence-corrected chi connectivity index (χ0v) is 8.95. The van der Waals surface area contributed by atoms with Gasteiger partial charge in [-0.25, -0.2) is 0 Å². The first-order valence-electron chi connectivity index (χ1n) is 4.65. The van der Waals surface area contributed by atoms with Crippen molar-refractivity contribution >= 4 is 0 Å². The summed E-state index contributed by atoms with van der Waals surface area (Å²) in [6.45, 7) is -0.519. The van der Waals surface area contributed by atoms with Crippen molar-refractivity contribution in [2.75, 3.05) is 13.7 Å². The second-order valence-corrected chi connectivity index (χ2v) is 3.40. The van der Waals surface area contributed by atoms with E-state index in [1.807, 2.05) is 0 Å². The molecule has 0 bridgehead atoms. The fourth-order valence-electron chi connectivity index (χ4n) is 1.41. The van der Waals surface area contributed by atoms with E-state index in [0.717, 1.165) is 13.2 Å². The Balaban J connectivity index is 3.36. The second kappa shape index (κ2) is 4.80. The minimum Gasteiger partial charge on any atom is -0.507 e. The summed E-state index contributed by atoms with van der Waals surface area (Å²) in [5, 5.41) is 18.3. The molecule has 1 aromatic carbocycles. The lowest BCUT2D eigenvalue weighted by atomic mass is 10.0. The number of phenolic OH excluding ortho intramolecular Hbond substituents is 1. The summed E-state index contributed by atoms with van der Waals surface area (Å²) >= 11 is 0. The molecule has 0 aliphatic rings. The van der Waals surface area contributed by atoms with Crippen molar-refractivity contribution < 1.29 is 28.1 Å². The molecule has 0 aliphatic carbocycles. The lowest BCUT2D eigenvalue weighted by Crippen LogP contribution is -2.16. The van der Waals surface area contributed by atoms with Crippen molar-refractivity contribution in [2.24, 2.45) is 5.73 Å². The summed E-state index contributed by atoms with van der Waals surface area (Å²) in [6, 6.07) is 0.269. The lowest BCUT2D eigenvalue weighted by Gasteiger charge is -2.17. The fourth-order valence-corrected chi connectivity index (χ4v) is 1.41. The lowest BCUT2D eigenvalue weighted by molar-refractivity contribution is -0.137. The summed E-state index contributed by atoms with van der Waals surface area (Å²) in [6.07, 6.45) is -4.59. The smallest absolute Gasteiger partial charge is 0.416 e. The molecule has 4 N–H and O–H groups in total. The van der Waals surface area contributed by atoms with Crippen LogP contribution >= 0.6 is 0 Å². The molecule has 1 aromatic rings. The van der Waals surface area contributed by atoms with Crippen LogP contribution < -0.4 is 10.5 Å². The first-order valence-corrected chi connectivity index (χ1v) is 4.65. The van der Waals surface area contributed by atoms with Crippen molar-refractivity contribution in [1.82, 2.24) is 0 Å². The van der Waals surface area contributed by atoms with Gasteiger partial charge in [-0.15, -0.1) is 0 Å². The standard InChI is InChI=1S/C10H12F3NO3/c1-17-8-3-5(10(11,12)13)2-7(16)9(8)6(14)4-15/h2-3,6,15-16H,4,14H2,1H3. The highest BCUT2D eigenvalue weighted by Crippen LogP contribution is 2.39. The number of aliphatic hydroxyl groups is 1. The van der Waals surface area contributed by atoms with Gasteiger partial charge in [-0.1, -0.05) is 0 Å². The minimum atomic E-state index is -4.59. The summed E-state index contributed by atoms with van der Waals surface area (Å²) in [5.74, 6) is -0.864. The summed E-state index contributed by atoms with van der Waals surface area (Å²) in [4.78, 5) is 0. The Morgan fingerprint density at radius 3 is 2.41 bits per heavy atom. The normalized spacial score (nSPS) is 13.5. The Bertz CT molecular complexity index is 407. The third-order valence-electron chi connectivity index (χ3n) is 2.23. The van der Waals surface area contributed by atoms with Gasteiger partial charge in [0.1, 0.15) is 11.5 Å². The maximum absolute atomic E-state index is 12.5. The zero-order chi connectivity index (χ0) is 13.2. The number of phenols is 1. The van der Waals surface area contributed by atoms with Gasteiger partial charge in [0.15, 0.2) is 0 Å². The third kappa shape index (κ3) is 2.80. The maximum atomic E-state index is 12.5. The fraction of sp³-hybridized carbons (Fsp3) is 0.400. The number of nitrogens with two attached hydrogens (primary N) is 1. The van der Waals surface area contributed by atoms with Crippen LogP contribution in [-0.4, -0.2) is 23.9 Å². The van der Waals surface area contributed by atoms with Gasteiger partial charge >= 0.3 is 6.18 Å². The first kappa shape index (κ1) is 13.6. The largest absolute Gasteiger partial charge is 0.507 e. The van der Waals surface area contributed by atoms with Gasteiger partial charge in [0.05, 0.1) is 30.9 Å². The van der Waals surface area contributed by atoms with Crippen LogP contribution in [0, 0.1) is 0 Å². The van der Waals surface area contributed by atoms with Gasteiger partial charge in [0, 0.05) is 0 Å². The van der Waals surface area contributed by atoms with Crippen molar-refractivity contribution in [3.05, 3.63) is 23.3 Å². The number of hydrogen-bond donors (Lipinski definition) is 3. The SMILES string of the molecule is COc1cc(C(F)(F)F)cc(O)c1C(N)CO. The highest BCUT2D eigenvalue weighted by Gasteiger charge is 2.33. The van der Waals surface area contributed by atoms with Gasteiger partial charge in [0.2, 0.25) is 0 Å². The number of rotatable bonds is 3. The Labute approximate surface area is 95.4 Å². The molecule has 0 heterocycles. The van der Waals surface area contributed by atoms with Crippen LogP contribution in [0.3, 0.4) is 0 Å². The Hall–Kier alpha value is -1.47. The van der Waals surface area contributed by atoms with Gasteiger partial charge in [-0.3, -0.25) is 0 Å². The summed E-state index contributed by atoms with van der Waals surface area (Å²) in [5.41, 5.74) is 4.37. The van der Waals surface area contributed by atoms with E-state index in [9.17, 15) is 18.3 Å². The molecule has 0 saturated heterocycles. The number of hydrogen-bond acceptors (Lipinski definition) is 4. The van der Waals surface area contributed by atoms with Gasteiger partial charge in [0.25, 0.3) is 0 Å². The van der Waals surface area contributed by atoms with E-state index in [1.54, 1.807) is 0 Å². The summed E-state index contributed by atoms with van der Waals surface area (Å²) < 4.78 is 42.1. The minimum absolute atomic E-state index is 0.0528. The molecule has 1 unspecified atom stereocenters. The Kier molecular flexibility index (Phi) is 3.84. The number of halogens is 3. The molecule has 0 radical (unpaired) electrons. The van der Waals surface area contributed by atoms with Gasteiger partial charge < -0.3 is 20.7 Å². The summed E-state index contributed by atoms with van der Waals surface area (Å²) in [7, 11) is 1.16. The van der Waals surface area contributed by atoms with Crippen molar-refractivity contribution in [3.8, 4) is 11.5 Å². The number of alkyl halides is 3.